The second kappa shape index (κ2) is 8.04. The van der Waals surface area contributed by atoms with E-state index in [1.165, 1.54) is 12.1 Å². The summed E-state index contributed by atoms with van der Waals surface area (Å²) in [6.45, 7) is 2.19. The van der Waals surface area contributed by atoms with Crippen molar-refractivity contribution >= 4 is 23.3 Å². The molecule has 6 nitrogen and oxygen atoms in total. The molecule has 0 radical (unpaired) electrons. The number of halogens is 2. The average molecular weight is 426 g/mol. The number of H-pyrrole nitrogens is 1. The van der Waals surface area contributed by atoms with Gasteiger partial charge in [0.15, 0.2) is 5.76 Å². The first kappa shape index (κ1) is 19.7. The normalized spacial score (nSPS) is 10.9. The Morgan fingerprint density at radius 3 is 2.80 bits per heavy atom. The van der Waals surface area contributed by atoms with Crippen LogP contribution in [0.3, 0.4) is 0 Å². The lowest BCUT2D eigenvalue weighted by atomic mass is 9.99. The second-order valence-electron chi connectivity index (χ2n) is 6.72. The molecule has 0 aliphatic rings. The second-order valence-corrected chi connectivity index (χ2v) is 7.13. The summed E-state index contributed by atoms with van der Waals surface area (Å²) in [5.74, 6) is -1.57. The van der Waals surface area contributed by atoms with Crippen LogP contribution in [0.5, 0.6) is 0 Å². The van der Waals surface area contributed by atoms with Crippen LogP contribution < -0.4 is 5.32 Å². The third-order valence-electron chi connectivity index (χ3n) is 4.78. The summed E-state index contributed by atoms with van der Waals surface area (Å²) in [6, 6.07) is 11.3. The predicted molar refractivity (Wildman–Crippen MR) is 112 cm³/mol. The Bertz CT molecular complexity index is 1200. The van der Waals surface area contributed by atoms with E-state index >= 15 is 0 Å². The molecule has 2 aromatic carbocycles. The van der Waals surface area contributed by atoms with E-state index in [1.54, 1.807) is 18.5 Å². The number of nitrogens with zero attached hydrogens (tertiary/aromatic N) is 1. The summed E-state index contributed by atoms with van der Waals surface area (Å²) in [5, 5.41) is 16.9. The Morgan fingerprint density at radius 2 is 2.13 bits per heavy atom. The van der Waals surface area contributed by atoms with Crippen LogP contribution in [0.1, 0.15) is 21.5 Å². The van der Waals surface area contributed by atoms with Gasteiger partial charge in [-0.25, -0.2) is 9.18 Å². The molecule has 0 aliphatic heterocycles. The summed E-state index contributed by atoms with van der Waals surface area (Å²) < 4.78 is 19.7. The van der Waals surface area contributed by atoms with Crippen molar-refractivity contribution in [2.75, 3.05) is 5.32 Å². The Hall–Kier alpha value is -3.58. The van der Waals surface area contributed by atoms with Crippen LogP contribution in [0.2, 0.25) is 5.02 Å². The van der Waals surface area contributed by atoms with Crippen LogP contribution in [0.4, 0.5) is 10.1 Å². The van der Waals surface area contributed by atoms with Gasteiger partial charge in [-0.1, -0.05) is 28.9 Å². The number of carbonyl (C=O) groups is 1. The number of hydrogen-bond donors (Lipinski definition) is 3. The lowest BCUT2D eigenvalue weighted by molar-refractivity contribution is 0.0692. The van der Waals surface area contributed by atoms with Crippen LogP contribution in [-0.4, -0.2) is 21.2 Å². The summed E-state index contributed by atoms with van der Waals surface area (Å²) in [6.07, 6.45) is 3.56. The van der Waals surface area contributed by atoms with Gasteiger partial charge < -0.3 is 19.9 Å². The Morgan fingerprint density at radius 1 is 1.30 bits per heavy atom. The molecule has 0 unspecified atom stereocenters. The minimum absolute atomic E-state index is 0.260. The molecular weight excluding hydrogens is 409 g/mol. The van der Waals surface area contributed by atoms with Crippen LogP contribution in [0, 0.1) is 12.7 Å². The number of aromatic carboxylic acids is 1. The SMILES string of the molecule is Cc1cccc(Cl)c1-c1noc(-c2cc[nH]c2)c1CNc1ccc(C(=O)O)c(F)c1. The van der Waals surface area contributed by atoms with Gasteiger partial charge in [-0.2, -0.15) is 0 Å². The maximum absolute atomic E-state index is 14.0. The van der Waals surface area contributed by atoms with Crippen LogP contribution in [0.25, 0.3) is 22.6 Å². The summed E-state index contributed by atoms with van der Waals surface area (Å²) in [4.78, 5) is 14.0. The van der Waals surface area contributed by atoms with Gasteiger partial charge in [-0.15, -0.1) is 0 Å². The minimum Gasteiger partial charge on any atom is -0.478 e. The van der Waals surface area contributed by atoms with E-state index in [0.29, 0.717) is 22.2 Å². The lowest BCUT2D eigenvalue weighted by Crippen LogP contribution is -2.05. The monoisotopic (exact) mass is 425 g/mol. The van der Waals surface area contributed by atoms with Crippen LogP contribution in [0.15, 0.2) is 59.4 Å². The minimum atomic E-state index is -1.32. The van der Waals surface area contributed by atoms with E-state index < -0.39 is 11.8 Å². The zero-order valence-corrected chi connectivity index (χ0v) is 16.6. The average Bonchev–Trinajstić information content (AvgIpc) is 3.36. The van der Waals surface area contributed by atoms with Gasteiger partial charge in [0.05, 0.1) is 10.6 Å². The Kier molecular flexibility index (Phi) is 5.29. The molecular formula is C22H17ClFN3O3. The number of aromatic nitrogens is 2. The smallest absolute Gasteiger partial charge is 0.338 e. The first-order valence-electron chi connectivity index (χ1n) is 9.09. The maximum atomic E-state index is 14.0. The molecule has 0 bridgehead atoms. The molecule has 8 heteroatoms. The number of aryl methyl sites for hydroxylation is 1. The van der Waals surface area contributed by atoms with Crippen molar-refractivity contribution in [1.29, 1.82) is 0 Å². The number of anilines is 1. The lowest BCUT2D eigenvalue weighted by Gasteiger charge is -2.11. The third-order valence-corrected chi connectivity index (χ3v) is 5.09. The van der Waals surface area contributed by atoms with Gasteiger partial charge >= 0.3 is 5.97 Å². The fourth-order valence-electron chi connectivity index (χ4n) is 3.28. The quantitative estimate of drug-likeness (QED) is 0.366. The van der Waals surface area contributed by atoms with Gasteiger partial charge in [0.25, 0.3) is 0 Å². The molecule has 0 spiro atoms. The highest BCUT2D eigenvalue weighted by atomic mass is 35.5. The Balaban J connectivity index is 1.74. The highest BCUT2D eigenvalue weighted by Crippen LogP contribution is 2.37. The van der Waals surface area contributed by atoms with E-state index in [-0.39, 0.29) is 12.1 Å². The molecule has 0 atom stereocenters. The number of carboxylic acid groups (broad SMARTS) is 1. The van der Waals surface area contributed by atoms with Crippen molar-refractivity contribution < 1.29 is 18.8 Å². The molecule has 3 N–H and O–H groups in total. The van der Waals surface area contributed by atoms with Crippen molar-refractivity contribution in [3.05, 3.63) is 82.4 Å². The van der Waals surface area contributed by atoms with Gasteiger partial charge in [-0.05, 0) is 42.8 Å². The zero-order valence-electron chi connectivity index (χ0n) is 15.9. The summed E-state index contributed by atoms with van der Waals surface area (Å²) >= 11 is 6.44. The molecule has 0 saturated carbocycles. The molecule has 2 aromatic heterocycles. The van der Waals surface area contributed by atoms with E-state index in [0.717, 1.165) is 28.3 Å². The predicted octanol–water partition coefficient (Wildman–Crippen LogP) is 5.75. The fraction of sp³-hybridized carbons (Fsp3) is 0.0909. The van der Waals surface area contributed by atoms with E-state index in [9.17, 15) is 9.18 Å². The standard InChI is InChI=1S/C22H17ClFN3O3/c1-12-3-2-4-17(23)19(12)20-16(21(30-27-20)13-7-8-25-10-13)11-26-14-5-6-15(22(28)29)18(24)9-14/h2-10,25-26H,11H2,1H3,(H,28,29). The van der Waals surface area contributed by atoms with Crippen molar-refractivity contribution in [3.8, 4) is 22.6 Å². The molecule has 30 heavy (non-hydrogen) atoms. The molecule has 0 fully saturated rings. The first-order valence-corrected chi connectivity index (χ1v) is 9.47. The van der Waals surface area contributed by atoms with Gasteiger partial charge in [-0.3, -0.25) is 0 Å². The largest absolute Gasteiger partial charge is 0.478 e. The number of hydrogen-bond acceptors (Lipinski definition) is 4. The maximum Gasteiger partial charge on any atom is 0.338 e. The number of nitrogens with one attached hydrogen (secondary N) is 2. The van der Waals surface area contributed by atoms with E-state index in [1.807, 2.05) is 25.1 Å². The number of carboxylic acids is 1. The molecule has 152 valence electrons. The molecule has 4 rings (SSSR count). The van der Waals surface area contributed by atoms with Crippen molar-refractivity contribution in [3.63, 3.8) is 0 Å². The summed E-state index contributed by atoms with van der Waals surface area (Å²) in [5.41, 5.74) is 3.88. The number of rotatable bonds is 6. The highest BCUT2D eigenvalue weighted by Gasteiger charge is 2.22. The zero-order chi connectivity index (χ0) is 21.3. The highest BCUT2D eigenvalue weighted by molar-refractivity contribution is 6.33. The molecule has 0 saturated heterocycles. The van der Waals surface area contributed by atoms with Crippen molar-refractivity contribution in [2.24, 2.45) is 0 Å². The molecule has 0 amide bonds. The van der Waals surface area contributed by atoms with E-state index in [4.69, 9.17) is 21.2 Å². The number of aromatic amines is 1. The van der Waals surface area contributed by atoms with Gasteiger partial charge in [0.1, 0.15) is 11.5 Å². The Labute approximate surface area is 176 Å². The third kappa shape index (κ3) is 3.67. The van der Waals surface area contributed by atoms with Gasteiger partial charge in [0, 0.05) is 41.3 Å². The number of benzene rings is 2. The topological polar surface area (TPSA) is 91.2 Å². The molecule has 4 aromatic rings. The van der Waals surface area contributed by atoms with Gasteiger partial charge in [0.2, 0.25) is 0 Å². The van der Waals surface area contributed by atoms with Crippen molar-refractivity contribution in [1.82, 2.24) is 10.1 Å². The van der Waals surface area contributed by atoms with E-state index in [2.05, 4.69) is 15.5 Å². The van der Waals surface area contributed by atoms with Crippen LogP contribution >= 0.6 is 11.6 Å². The fourth-order valence-corrected chi connectivity index (χ4v) is 3.59. The molecule has 0 aliphatic carbocycles. The van der Waals surface area contributed by atoms with Crippen molar-refractivity contribution in [2.45, 2.75) is 13.5 Å². The first-order chi connectivity index (χ1) is 14.5. The summed E-state index contributed by atoms with van der Waals surface area (Å²) in [7, 11) is 0. The molecule has 2 heterocycles. The van der Waals surface area contributed by atoms with Crippen LogP contribution in [-0.2, 0) is 6.54 Å².